The van der Waals surface area contributed by atoms with Gasteiger partial charge in [0.1, 0.15) is 6.04 Å². The summed E-state index contributed by atoms with van der Waals surface area (Å²) in [5.41, 5.74) is 7.97. The van der Waals surface area contributed by atoms with Gasteiger partial charge >= 0.3 is 5.97 Å². The van der Waals surface area contributed by atoms with Crippen molar-refractivity contribution in [2.45, 2.75) is 12.5 Å². The van der Waals surface area contributed by atoms with Crippen LogP contribution in [0.2, 0.25) is 0 Å². The number of carbonyl (C=O) groups is 1. The highest BCUT2D eigenvalue weighted by molar-refractivity contribution is 5.75. The first-order chi connectivity index (χ1) is 6.76. The molecule has 0 aromatic rings. The van der Waals surface area contributed by atoms with Gasteiger partial charge in [0.15, 0.2) is 0 Å². The van der Waals surface area contributed by atoms with Gasteiger partial charge in [0.2, 0.25) is 0 Å². The van der Waals surface area contributed by atoms with E-state index in [9.17, 15) is 4.79 Å². The molecule has 0 aromatic carbocycles. The lowest BCUT2D eigenvalue weighted by molar-refractivity contribution is -0.144. The number of aliphatic hydroxyl groups is 1. The van der Waals surface area contributed by atoms with Crippen LogP contribution in [-0.2, 0) is 9.53 Å². The molecule has 2 N–H and O–H groups in total. The molecule has 1 unspecified atom stereocenters. The van der Waals surface area contributed by atoms with Gasteiger partial charge in [-0.1, -0.05) is 5.11 Å². The minimum Gasteiger partial charge on any atom is -0.468 e. The van der Waals surface area contributed by atoms with Gasteiger partial charge < -0.3 is 15.2 Å². The molecule has 0 heterocycles. The van der Waals surface area contributed by atoms with Crippen molar-refractivity contribution in [2.75, 3.05) is 26.8 Å². The van der Waals surface area contributed by atoms with Crippen LogP contribution >= 0.6 is 0 Å². The fourth-order valence-electron chi connectivity index (χ4n) is 0.835. The Kier molecular flexibility index (Phi) is 7.53. The molecule has 7 heteroatoms. The Hall–Kier alpha value is -1.30. The van der Waals surface area contributed by atoms with Gasteiger partial charge in [-0.15, -0.1) is 0 Å². The second-order valence-corrected chi connectivity index (χ2v) is 2.52. The van der Waals surface area contributed by atoms with E-state index in [4.69, 9.17) is 10.6 Å². The highest BCUT2D eigenvalue weighted by Crippen LogP contribution is 1.88. The number of ether oxygens (including phenoxy) is 1. The zero-order chi connectivity index (χ0) is 10.8. The molecule has 80 valence electrons. The van der Waals surface area contributed by atoms with Crippen molar-refractivity contribution in [1.82, 2.24) is 5.32 Å². The maximum Gasteiger partial charge on any atom is 0.325 e. The number of methoxy groups -OCH3 is 1. The Balaban J connectivity index is 3.62. The van der Waals surface area contributed by atoms with Crippen LogP contribution in [0.15, 0.2) is 5.11 Å². The molecule has 1 atom stereocenters. The summed E-state index contributed by atoms with van der Waals surface area (Å²) in [6, 6.07) is -0.703. The van der Waals surface area contributed by atoms with Crippen LogP contribution in [-0.4, -0.2) is 43.9 Å². The highest BCUT2D eigenvalue weighted by atomic mass is 16.5. The van der Waals surface area contributed by atoms with E-state index in [0.717, 1.165) is 0 Å². The topological polar surface area (TPSA) is 107 Å². The Morgan fingerprint density at radius 2 is 2.50 bits per heavy atom. The number of hydrogen-bond acceptors (Lipinski definition) is 5. The minimum atomic E-state index is -0.703. The van der Waals surface area contributed by atoms with Gasteiger partial charge in [-0.3, -0.25) is 4.79 Å². The monoisotopic (exact) mass is 202 g/mol. The maximum atomic E-state index is 10.9. The first-order valence-electron chi connectivity index (χ1n) is 4.19. The summed E-state index contributed by atoms with van der Waals surface area (Å²) in [6.07, 6.45) is 0.609. The zero-order valence-corrected chi connectivity index (χ0v) is 8.01. The van der Waals surface area contributed by atoms with E-state index in [1.165, 1.54) is 7.11 Å². The molecule has 0 aliphatic heterocycles. The lowest BCUT2D eigenvalue weighted by Gasteiger charge is -2.12. The lowest BCUT2D eigenvalue weighted by atomic mass is 10.3. The Bertz CT molecular complexity index is 215. The smallest absolute Gasteiger partial charge is 0.325 e. The third-order valence-electron chi connectivity index (χ3n) is 1.56. The molecule has 0 aliphatic rings. The van der Waals surface area contributed by atoms with Crippen LogP contribution in [0.1, 0.15) is 6.42 Å². The zero-order valence-electron chi connectivity index (χ0n) is 8.01. The molecule has 0 bridgehead atoms. The van der Waals surface area contributed by atoms with Gasteiger partial charge in [0, 0.05) is 11.5 Å². The summed E-state index contributed by atoms with van der Waals surface area (Å²) in [5, 5.41) is 14.9. The molecular formula is C7H14N4O3. The van der Waals surface area contributed by atoms with Crippen molar-refractivity contribution < 1.29 is 14.6 Å². The van der Waals surface area contributed by atoms with Gasteiger partial charge in [-0.05, 0) is 18.5 Å². The Labute approximate surface area is 81.7 Å². The average Bonchev–Trinajstić information content (AvgIpc) is 2.22. The number of nitrogens with zero attached hydrogens (tertiary/aromatic N) is 3. The van der Waals surface area contributed by atoms with Gasteiger partial charge in [0.25, 0.3) is 0 Å². The van der Waals surface area contributed by atoms with Crippen LogP contribution in [0.5, 0.6) is 0 Å². The Morgan fingerprint density at radius 3 is 3.00 bits per heavy atom. The summed E-state index contributed by atoms with van der Waals surface area (Å²) in [4.78, 5) is 13.5. The minimum absolute atomic E-state index is 0.311. The molecule has 0 fully saturated rings. The van der Waals surface area contributed by atoms with Crippen molar-refractivity contribution >= 4 is 5.97 Å². The summed E-state index contributed by atoms with van der Waals surface area (Å²) in [5.74, 6) is -0.503. The SMILES string of the molecule is COC(=O)C(CO)NCCCN=[N+]=[N-]. The number of aliphatic hydroxyl groups excluding tert-OH is 1. The number of carbonyl (C=O) groups excluding carboxylic acids is 1. The van der Waals surface area contributed by atoms with Crippen molar-refractivity contribution in [2.24, 2.45) is 5.11 Å². The number of rotatable bonds is 7. The van der Waals surface area contributed by atoms with Crippen LogP contribution in [0.25, 0.3) is 10.4 Å². The predicted molar refractivity (Wildman–Crippen MR) is 49.5 cm³/mol. The second kappa shape index (κ2) is 8.31. The van der Waals surface area contributed by atoms with E-state index in [1.807, 2.05) is 0 Å². The molecule has 0 aliphatic carbocycles. The predicted octanol–water partition coefficient (Wildman–Crippen LogP) is -0.190. The van der Waals surface area contributed by atoms with Crippen molar-refractivity contribution in [3.8, 4) is 0 Å². The highest BCUT2D eigenvalue weighted by Gasteiger charge is 2.16. The average molecular weight is 202 g/mol. The maximum absolute atomic E-state index is 10.9. The van der Waals surface area contributed by atoms with Crippen molar-refractivity contribution in [3.05, 3.63) is 10.4 Å². The summed E-state index contributed by atoms with van der Waals surface area (Å²) in [6.45, 7) is 0.538. The molecule has 0 rings (SSSR count). The summed E-state index contributed by atoms with van der Waals surface area (Å²) >= 11 is 0. The molecule has 14 heavy (non-hydrogen) atoms. The standard InChI is InChI=1S/C7H14N4O3/c1-14-7(13)6(5-12)9-3-2-4-10-11-8/h6,9,12H,2-5H2,1H3. The molecule has 0 aromatic heterocycles. The van der Waals surface area contributed by atoms with E-state index in [0.29, 0.717) is 19.5 Å². The van der Waals surface area contributed by atoms with Gasteiger partial charge in [-0.25, -0.2) is 0 Å². The van der Waals surface area contributed by atoms with Crippen LogP contribution in [0, 0.1) is 0 Å². The lowest BCUT2D eigenvalue weighted by Crippen LogP contribution is -2.41. The summed E-state index contributed by atoms with van der Waals surface area (Å²) < 4.78 is 4.44. The molecular weight excluding hydrogens is 188 g/mol. The van der Waals surface area contributed by atoms with E-state index in [1.54, 1.807) is 0 Å². The van der Waals surface area contributed by atoms with Crippen LogP contribution in [0.3, 0.4) is 0 Å². The number of esters is 1. The molecule has 0 saturated carbocycles. The normalized spacial score (nSPS) is 11.6. The third kappa shape index (κ3) is 5.36. The van der Waals surface area contributed by atoms with E-state index in [2.05, 4.69) is 20.1 Å². The number of nitrogens with one attached hydrogen (secondary N) is 1. The molecule has 0 radical (unpaired) electrons. The quantitative estimate of drug-likeness (QED) is 0.196. The number of azide groups is 1. The second-order valence-electron chi connectivity index (χ2n) is 2.52. The molecule has 0 amide bonds. The van der Waals surface area contributed by atoms with Crippen LogP contribution < -0.4 is 5.32 Å². The Morgan fingerprint density at radius 1 is 1.79 bits per heavy atom. The van der Waals surface area contributed by atoms with Crippen LogP contribution in [0.4, 0.5) is 0 Å². The molecule has 0 saturated heterocycles. The third-order valence-corrected chi connectivity index (χ3v) is 1.56. The van der Waals surface area contributed by atoms with Crippen molar-refractivity contribution in [3.63, 3.8) is 0 Å². The molecule has 7 nitrogen and oxygen atoms in total. The largest absolute Gasteiger partial charge is 0.468 e. The summed E-state index contributed by atoms with van der Waals surface area (Å²) in [7, 11) is 1.26. The van der Waals surface area contributed by atoms with Gasteiger partial charge in [0.05, 0.1) is 13.7 Å². The number of hydrogen-bond donors (Lipinski definition) is 2. The first-order valence-corrected chi connectivity index (χ1v) is 4.19. The first kappa shape index (κ1) is 12.7. The van der Waals surface area contributed by atoms with E-state index < -0.39 is 12.0 Å². The van der Waals surface area contributed by atoms with Crippen molar-refractivity contribution in [1.29, 1.82) is 0 Å². The fourth-order valence-corrected chi connectivity index (χ4v) is 0.835. The van der Waals surface area contributed by atoms with E-state index in [-0.39, 0.29) is 6.61 Å². The fraction of sp³-hybridized carbons (Fsp3) is 0.857. The van der Waals surface area contributed by atoms with E-state index >= 15 is 0 Å². The molecule has 0 spiro atoms. The van der Waals surface area contributed by atoms with Gasteiger partial charge in [-0.2, -0.15) is 0 Å².